The summed E-state index contributed by atoms with van der Waals surface area (Å²) in [5, 5.41) is 4.44. The first kappa shape index (κ1) is 24.7. The molecular formula is C28H31N7O2S. The van der Waals surface area contributed by atoms with E-state index in [0.29, 0.717) is 18.3 Å². The number of pyridine rings is 2. The summed E-state index contributed by atoms with van der Waals surface area (Å²) in [6.07, 6.45) is 9.21. The lowest BCUT2D eigenvalue weighted by Gasteiger charge is -2.36. The standard InChI is InChI=1S/C28H31N7O2S/c1-38(36,37)16-15-34-11-13-35(14-12-34)28-26-23(20-7-8-20)18-29-19-24(26)32-27(33-28)21-9-10-30-25(17-21)31-22-5-3-2-4-6-22/h2-6,9-10,17-20H,7-8,11-16H2,1H3,(H,30,31). The van der Waals surface area contributed by atoms with Crippen molar-refractivity contribution in [3.05, 3.63) is 66.6 Å². The molecule has 0 spiro atoms. The summed E-state index contributed by atoms with van der Waals surface area (Å²) in [7, 11) is -2.98. The molecule has 1 saturated heterocycles. The second kappa shape index (κ2) is 10.3. The third-order valence-electron chi connectivity index (χ3n) is 7.15. The second-order valence-corrected chi connectivity index (χ2v) is 12.4. The first-order chi connectivity index (χ1) is 18.4. The van der Waals surface area contributed by atoms with Gasteiger partial charge in [0.25, 0.3) is 0 Å². The van der Waals surface area contributed by atoms with Crippen LogP contribution in [0.3, 0.4) is 0 Å². The highest BCUT2D eigenvalue weighted by Crippen LogP contribution is 2.45. The molecule has 1 aromatic carbocycles. The average Bonchev–Trinajstić information content (AvgIpc) is 3.77. The topological polar surface area (TPSA) is 104 Å². The molecule has 1 aliphatic heterocycles. The van der Waals surface area contributed by atoms with E-state index in [2.05, 4.69) is 25.1 Å². The number of nitrogens with zero attached hydrogens (tertiary/aromatic N) is 6. The van der Waals surface area contributed by atoms with Crippen LogP contribution in [-0.4, -0.2) is 78.0 Å². The van der Waals surface area contributed by atoms with Crippen molar-refractivity contribution < 1.29 is 8.42 Å². The summed E-state index contributed by atoms with van der Waals surface area (Å²) < 4.78 is 23.3. The summed E-state index contributed by atoms with van der Waals surface area (Å²) in [6.45, 7) is 3.70. The lowest BCUT2D eigenvalue weighted by molar-refractivity contribution is 0.271. The molecule has 1 N–H and O–H groups in total. The summed E-state index contributed by atoms with van der Waals surface area (Å²) in [5.74, 6) is 3.00. The van der Waals surface area contributed by atoms with Crippen molar-refractivity contribution in [1.29, 1.82) is 0 Å². The van der Waals surface area contributed by atoms with Crippen LogP contribution in [-0.2, 0) is 9.84 Å². The number of benzene rings is 1. The predicted octanol–water partition coefficient (Wildman–Crippen LogP) is 3.87. The van der Waals surface area contributed by atoms with Crippen LogP contribution < -0.4 is 10.2 Å². The Balaban J connectivity index is 1.34. The van der Waals surface area contributed by atoms with E-state index in [4.69, 9.17) is 9.97 Å². The number of anilines is 3. The van der Waals surface area contributed by atoms with E-state index in [1.807, 2.05) is 54.9 Å². The molecule has 0 atom stereocenters. The third-order valence-corrected chi connectivity index (χ3v) is 8.07. The van der Waals surface area contributed by atoms with Gasteiger partial charge in [0.15, 0.2) is 5.82 Å². The number of hydrogen-bond donors (Lipinski definition) is 1. The number of piperazine rings is 1. The number of para-hydroxylation sites is 1. The lowest BCUT2D eigenvalue weighted by Crippen LogP contribution is -2.48. The van der Waals surface area contributed by atoms with E-state index in [1.165, 1.54) is 24.7 Å². The average molecular weight is 530 g/mol. The van der Waals surface area contributed by atoms with E-state index in [1.54, 1.807) is 6.20 Å². The van der Waals surface area contributed by atoms with Gasteiger partial charge in [-0.15, -0.1) is 0 Å². The van der Waals surface area contributed by atoms with Gasteiger partial charge < -0.3 is 10.2 Å². The van der Waals surface area contributed by atoms with Crippen LogP contribution >= 0.6 is 0 Å². The van der Waals surface area contributed by atoms with Crippen LogP contribution in [0.1, 0.15) is 24.3 Å². The van der Waals surface area contributed by atoms with Crippen LogP contribution in [0.4, 0.5) is 17.3 Å². The van der Waals surface area contributed by atoms with Crippen LogP contribution in [0.25, 0.3) is 22.3 Å². The monoisotopic (exact) mass is 529 g/mol. The number of rotatable bonds is 8. The van der Waals surface area contributed by atoms with Crippen LogP contribution in [0.2, 0.25) is 0 Å². The molecule has 0 radical (unpaired) electrons. The van der Waals surface area contributed by atoms with Gasteiger partial charge in [-0.05, 0) is 48.6 Å². The van der Waals surface area contributed by atoms with Gasteiger partial charge in [-0.3, -0.25) is 9.88 Å². The minimum Gasteiger partial charge on any atom is -0.353 e. The molecule has 10 heteroatoms. The molecule has 4 aromatic rings. The molecule has 9 nitrogen and oxygen atoms in total. The normalized spacial score (nSPS) is 16.6. The molecule has 0 bridgehead atoms. The van der Waals surface area contributed by atoms with Crippen molar-refractivity contribution in [3.63, 3.8) is 0 Å². The molecule has 1 saturated carbocycles. The minimum absolute atomic E-state index is 0.187. The lowest BCUT2D eigenvalue weighted by atomic mass is 10.1. The van der Waals surface area contributed by atoms with E-state index in [9.17, 15) is 8.42 Å². The Bertz CT molecular complexity index is 1550. The van der Waals surface area contributed by atoms with Crippen molar-refractivity contribution in [2.75, 3.05) is 54.9 Å². The molecule has 2 fully saturated rings. The maximum atomic E-state index is 11.6. The maximum absolute atomic E-state index is 11.6. The molecular weight excluding hydrogens is 498 g/mol. The number of sulfone groups is 1. The van der Waals surface area contributed by atoms with Gasteiger partial charge in [0.2, 0.25) is 0 Å². The Kier molecular flexibility index (Phi) is 6.67. The molecule has 38 heavy (non-hydrogen) atoms. The van der Waals surface area contributed by atoms with Gasteiger partial charge in [0.1, 0.15) is 21.5 Å². The fourth-order valence-corrected chi connectivity index (χ4v) is 5.53. The molecule has 3 aromatic heterocycles. The van der Waals surface area contributed by atoms with Gasteiger partial charge in [-0.25, -0.2) is 23.4 Å². The number of hydrogen-bond acceptors (Lipinski definition) is 9. The zero-order valence-electron chi connectivity index (χ0n) is 21.4. The van der Waals surface area contributed by atoms with E-state index >= 15 is 0 Å². The largest absolute Gasteiger partial charge is 0.353 e. The minimum atomic E-state index is -2.98. The molecule has 6 rings (SSSR count). The van der Waals surface area contributed by atoms with Crippen LogP contribution in [0, 0.1) is 0 Å². The third kappa shape index (κ3) is 5.61. The van der Waals surface area contributed by atoms with Gasteiger partial charge in [0.05, 0.1) is 17.5 Å². The van der Waals surface area contributed by atoms with E-state index in [0.717, 1.165) is 60.0 Å². The van der Waals surface area contributed by atoms with Gasteiger partial charge in [-0.1, -0.05) is 18.2 Å². The molecule has 1 aliphatic carbocycles. The molecule has 196 valence electrons. The Morgan fingerprint density at radius 1 is 1.00 bits per heavy atom. The zero-order valence-corrected chi connectivity index (χ0v) is 22.2. The Labute approximate surface area is 222 Å². The van der Waals surface area contributed by atoms with Gasteiger partial charge >= 0.3 is 0 Å². The van der Waals surface area contributed by atoms with Crippen molar-refractivity contribution >= 4 is 38.1 Å². The number of nitrogens with one attached hydrogen (secondary N) is 1. The summed E-state index contributed by atoms with van der Waals surface area (Å²) in [5.41, 5.74) is 3.92. The van der Waals surface area contributed by atoms with Crippen molar-refractivity contribution in [1.82, 2.24) is 24.8 Å². The number of aromatic nitrogens is 4. The fraction of sp³-hybridized carbons (Fsp3) is 0.357. The summed E-state index contributed by atoms with van der Waals surface area (Å²) in [4.78, 5) is 23.7. The van der Waals surface area contributed by atoms with Crippen molar-refractivity contribution in [3.8, 4) is 11.4 Å². The van der Waals surface area contributed by atoms with Gasteiger partial charge in [0, 0.05) is 68.0 Å². The van der Waals surface area contributed by atoms with E-state index < -0.39 is 9.84 Å². The highest BCUT2D eigenvalue weighted by Gasteiger charge is 2.30. The maximum Gasteiger partial charge on any atom is 0.162 e. The van der Waals surface area contributed by atoms with Gasteiger partial charge in [-0.2, -0.15) is 0 Å². The van der Waals surface area contributed by atoms with Crippen LogP contribution in [0.5, 0.6) is 0 Å². The highest BCUT2D eigenvalue weighted by atomic mass is 32.2. The first-order valence-electron chi connectivity index (χ1n) is 13.0. The fourth-order valence-electron chi connectivity index (χ4n) is 4.94. The van der Waals surface area contributed by atoms with Crippen LogP contribution in [0.15, 0.2) is 61.1 Å². The molecule has 0 unspecified atom stereocenters. The molecule has 2 aliphatic rings. The predicted molar refractivity (Wildman–Crippen MR) is 151 cm³/mol. The van der Waals surface area contributed by atoms with Crippen molar-refractivity contribution in [2.24, 2.45) is 0 Å². The van der Waals surface area contributed by atoms with Crippen molar-refractivity contribution in [2.45, 2.75) is 18.8 Å². The first-order valence-corrected chi connectivity index (χ1v) is 15.1. The number of fused-ring (bicyclic) bond motifs is 1. The smallest absolute Gasteiger partial charge is 0.162 e. The SMILES string of the molecule is CS(=O)(=O)CCN1CCN(c2nc(-c3ccnc(Nc4ccccc4)c3)nc3cncc(C4CC4)c23)CC1. The van der Waals surface area contributed by atoms with E-state index in [-0.39, 0.29) is 5.75 Å². The molecule has 4 heterocycles. The summed E-state index contributed by atoms with van der Waals surface area (Å²) in [6, 6.07) is 13.8. The molecule has 0 amide bonds. The second-order valence-electron chi connectivity index (χ2n) is 10.1. The Hall–Kier alpha value is -3.63. The highest BCUT2D eigenvalue weighted by molar-refractivity contribution is 7.90. The summed E-state index contributed by atoms with van der Waals surface area (Å²) >= 11 is 0. The Morgan fingerprint density at radius 3 is 2.53 bits per heavy atom. The zero-order chi connectivity index (χ0) is 26.1. The quantitative estimate of drug-likeness (QED) is 0.364. The Morgan fingerprint density at radius 2 is 1.79 bits per heavy atom.